The molecule has 10 heteroatoms. The van der Waals surface area contributed by atoms with E-state index < -0.39 is 12.1 Å². The Labute approximate surface area is 184 Å². The van der Waals surface area contributed by atoms with Crippen molar-refractivity contribution in [3.63, 3.8) is 0 Å². The fraction of sp³-hybridized carbons (Fsp3) is 0.500. The summed E-state index contributed by atoms with van der Waals surface area (Å²) in [6.45, 7) is 6.41. The lowest BCUT2D eigenvalue weighted by Gasteiger charge is -2.29. The van der Waals surface area contributed by atoms with E-state index in [-0.39, 0.29) is 11.3 Å². The zero-order valence-electron chi connectivity index (χ0n) is 18.0. The molecule has 2 aliphatic rings. The highest BCUT2D eigenvalue weighted by molar-refractivity contribution is 5.87. The molecule has 0 bridgehead atoms. The van der Waals surface area contributed by atoms with Gasteiger partial charge in [-0.3, -0.25) is 14.4 Å². The first-order valence-corrected chi connectivity index (χ1v) is 10.4. The van der Waals surface area contributed by atoms with Gasteiger partial charge < -0.3 is 10.0 Å². The highest BCUT2D eigenvalue weighted by atomic mass is 19.4. The van der Waals surface area contributed by atoms with Crippen LogP contribution in [0, 0.1) is 5.41 Å². The minimum Gasteiger partial charge on any atom is -0.475 e. The summed E-state index contributed by atoms with van der Waals surface area (Å²) in [4.78, 5) is 26.6. The molecule has 4 rings (SSSR count). The molecular formula is C22H27F3N4O3. The molecular weight excluding hydrogens is 425 g/mol. The van der Waals surface area contributed by atoms with Crippen LogP contribution in [-0.4, -0.2) is 68.9 Å². The topological polar surface area (TPSA) is 78.7 Å². The highest BCUT2D eigenvalue weighted by Crippen LogP contribution is 2.50. The number of likely N-dealkylation sites (tertiary alicyclic amines) is 2. The number of carboxylic acids is 1. The molecule has 1 amide bonds. The highest BCUT2D eigenvalue weighted by Gasteiger charge is 2.56. The molecule has 2 aromatic rings. The Bertz CT molecular complexity index is 947. The number of hydrogen-bond acceptors (Lipinski definition) is 4. The van der Waals surface area contributed by atoms with Crippen LogP contribution in [0.4, 0.5) is 13.2 Å². The molecule has 0 saturated carbocycles. The molecule has 1 aromatic carbocycles. The Hall–Kier alpha value is -2.88. The number of hydrogen-bond donors (Lipinski definition) is 1. The van der Waals surface area contributed by atoms with Gasteiger partial charge >= 0.3 is 12.1 Å². The van der Waals surface area contributed by atoms with Crippen molar-refractivity contribution in [2.75, 3.05) is 26.2 Å². The number of carboxylic acid groups (broad SMARTS) is 1. The van der Waals surface area contributed by atoms with Crippen molar-refractivity contribution in [2.24, 2.45) is 12.5 Å². The van der Waals surface area contributed by atoms with E-state index in [0.29, 0.717) is 5.91 Å². The molecule has 1 N–H and O–H groups in total. The van der Waals surface area contributed by atoms with Crippen LogP contribution in [-0.2, 0) is 23.2 Å². The van der Waals surface area contributed by atoms with Crippen LogP contribution in [0.25, 0.3) is 0 Å². The van der Waals surface area contributed by atoms with E-state index in [4.69, 9.17) is 9.90 Å². The lowest BCUT2D eigenvalue weighted by atomic mass is 9.73. The number of aromatic nitrogens is 2. The van der Waals surface area contributed by atoms with Crippen LogP contribution in [0.5, 0.6) is 0 Å². The maximum atomic E-state index is 13.2. The number of aliphatic carboxylic acids is 1. The van der Waals surface area contributed by atoms with Crippen LogP contribution in [0.3, 0.4) is 0 Å². The van der Waals surface area contributed by atoms with Gasteiger partial charge in [0.15, 0.2) is 0 Å². The van der Waals surface area contributed by atoms with Crippen LogP contribution >= 0.6 is 0 Å². The van der Waals surface area contributed by atoms with Gasteiger partial charge in [0.25, 0.3) is 0 Å². The third-order valence-electron chi connectivity index (χ3n) is 6.15. The predicted molar refractivity (Wildman–Crippen MR) is 111 cm³/mol. The van der Waals surface area contributed by atoms with Gasteiger partial charge in [0.1, 0.15) is 0 Å². The molecule has 7 nitrogen and oxygen atoms in total. The minimum atomic E-state index is -5.08. The summed E-state index contributed by atoms with van der Waals surface area (Å²) in [6, 6.07) is 10.6. The van der Waals surface area contributed by atoms with Gasteiger partial charge in [-0.25, -0.2) is 4.79 Å². The number of carbonyl (C=O) groups is 2. The number of amides is 1. The van der Waals surface area contributed by atoms with Gasteiger partial charge in [-0.2, -0.15) is 18.3 Å². The van der Waals surface area contributed by atoms with Gasteiger partial charge in [-0.05, 0) is 18.9 Å². The number of aryl methyl sites for hydroxylation is 1. The van der Waals surface area contributed by atoms with E-state index in [2.05, 4.69) is 47.4 Å². The Balaban J connectivity index is 0.000000360. The first-order chi connectivity index (χ1) is 15.1. The van der Waals surface area contributed by atoms with Crippen LogP contribution in [0.1, 0.15) is 30.4 Å². The summed E-state index contributed by atoms with van der Waals surface area (Å²) in [5, 5.41) is 11.4. The van der Waals surface area contributed by atoms with Crippen molar-refractivity contribution in [2.45, 2.75) is 32.0 Å². The first kappa shape index (κ1) is 23.8. The average molecular weight is 452 g/mol. The zero-order valence-corrected chi connectivity index (χ0v) is 18.0. The van der Waals surface area contributed by atoms with E-state index in [1.54, 1.807) is 0 Å². The molecule has 1 aromatic heterocycles. The largest absolute Gasteiger partial charge is 0.490 e. The lowest BCUT2D eigenvalue weighted by Crippen LogP contribution is -2.39. The summed E-state index contributed by atoms with van der Waals surface area (Å²) < 4.78 is 33.6. The van der Waals surface area contributed by atoms with Gasteiger partial charge in [0, 0.05) is 57.4 Å². The first-order valence-electron chi connectivity index (χ1n) is 10.4. The van der Waals surface area contributed by atoms with Crippen molar-refractivity contribution in [1.29, 1.82) is 0 Å². The molecule has 2 fully saturated rings. The molecule has 174 valence electrons. The van der Waals surface area contributed by atoms with Crippen LogP contribution < -0.4 is 0 Å². The number of alkyl halides is 3. The number of benzene rings is 1. The maximum absolute atomic E-state index is 13.2. The van der Waals surface area contributed by atoms with Crippen molar-refractivity contribution >= 4 is 11.9 Å². The second kappa shape index (κ2) is 9.32. The number of carbonyl (C=O) groups excluding carboxylic acids is 1. The molecule has 2 saturated heterocycles. The number of halogens is 3. The Kier molecular flexibility index (Phi) is 6.92. The van der Waals surface area contributed by atoms with Gasteiger partial charge in [-0.15, -0.1) is 0 Å². The number of rotatable bonds is 4. The van der Waals surface area contributed by atoms with Crippen LogP contribution in [0.15, 0.2) is 42.7 Å². The molecule has 2 aliphatic heterocycles. The predicted octanol–water partition coefficient (Wildman–Crippen LogP) is 2.89. The quantitative estimate of drug-likeness (QED) is 0.772. The van der Waals surface area contributed by atoms with Gasteiger partial charge in [-0.1, -0.05) is 30.3 Å². The Morgan fingerprint density at radius 3 is 2.44 bits per heavy atom. The normalized spacial score (nSPS) is 23.5. The van der Waals surface area contributed by atoms with E-state index >= 15 is 0 Å². The van der Waals surface area contributed by atoms with E-state index in [9.17, 15) is 18.0 Å². The van der Waals surface area contributed by atoms with E-state index in [1.807, 2.05) is 28.9 Å². The molecule has 0 aliphatic carbocycles. The molecule has 32 heavy (non-hydrogen) atoms. The second-order valence-corrected chi connectivity index (χ2v) is 8.25. The van der Waals surface area contributed by atoms with Gasteiger partial charge in [0.05, 0.1) is 11.6 Å². The fourth-order valence-corrected chi connectivity index (χ4v) is 4.68. The molecule has 3 heterocycles. The lowest BCUT2D eigenvalue weighted by molar-refractivity contribution is -0.192. The SMILES string of the molecule is CCN1CC[C@]2(CN(Cc3cnn(C)c3)C[C@H]2c2ccccc2)C1=O.O=C(O)C(F)(F)F. The fourth-order valence-electron chi connectivity index (χ4n) is 4.68. The minimum absolute atomic E-state index is 0.264. The van der Waals surface area contributed by atoms with Crippen molar-refractivity contribution in [3.8, 4) is 0 Å². The molecule has 0 radical (unpaired) electrons. The third-order valence-corrected chi connectivity index (χ3v) is 6.15. The van der Waals surface area contributed by atoms with Crippen molar-refractivity contribution in [3.05, 3.63) is 53.9 Å². The van der Waals surface area contributed by atoms with E-state index in [0.717, 1.165) is 39.1 Å². The van der Waals surface area contributed by atoms with Crippen LogP contribution in [0.2, 0.25) is 0 Å². The second-order valence-electron chi connectivity index (χ2n) is 8.25. The number of nitrogens with zero attached hydrogens (tertiary/aromatic N) is 4. The standard InChI is InChI=1S/C20H26N4O.C2HF3O2/c1-3-24-10-9-20(19(24)25)15-23(13-16-11-21-22(2)12-16)14-18(20)17-7-5-4-6-8-17;3-2(4,5)1(6)7/h4-8,11-12,18H,3,9-10,13-15H2,1-2H3;(H,6,7)/t18-,20+;/m0./s1. The third kappa shape index (κ3) is 4.95. The monoisotopic (exact) mass is 452 g/mol. The summed E-state index contributed by atoms with van der Waals surface area (Å²) in [6.07, 6.45) is -0.128. The summed E-state index contributed by atoms with van der Waals surface area (Å²) in [7, 11) is 1.95. The molecule has 2 atom stereocenters. The maximum Gasteiger partial charge on any atom is 0.490 e. The molecule has 1 spiro atoms. The summed E-state index contributed by atoms with van der Waals surface area (Å²) in [5.74, 6) is -2.14. The average Bonchev–Trinajstić information content (AvgIpc) is 3.41. The van der Waals surface area contributed by atoms with Crippen molar-refractivity contribution < 1.29 is 27.9 Å². The summed E-state index contributed by atoms with van der Waals surface area (Å²) >= 11 is 0. The zero-order chi connectivity index (χ0) is 23.5. The molecule has 0 unspecified atom stereocenters. The van der Waals surface area contributed by atoms with Gasteiger partial charge in [0.2, 0.25) is 5.91 Å². The smallest absolute Gasteiger partial charge is 0.475 e. The Morgan fingerprint density at radius 1 is 1.28 bits per heavy atom. The summed E-state index contributed by atoms with van der Waals surface area (Å²) in [5.41, 5.74) is 2.24. The van der Waals surface area contributed by atoms with E-state index in [1.165, 1.54) is 11.1 Å². The van der Waals surface area contributed by atoms with Crippen molar-refractivity contribution in [1.82, 2.24) is 19.6 Å². The Morgan fingerprint density at radius 2 is 1.94 bits per heavy atom.